The van der Waals surface area contributed by atoms with Gasteiger partial charge in [-0.1, -0.05) is 6.92 Å². The molecule has 1 aliphatic rings. The lowest BCUT2D eigenvalue weighted by molar-refractivity contribution is -0.136. The maximum absolute atomic E-state index is 13.4. The topological polar surface area (TPSA) is 127 Å². The molecule has 1 aliphatic heterocycles. The number of aromatic nitrogens is 2. The molecule has 11 heteroatoms. The zero-order chi connectivity index (χ0) is 22.1. The average molecular weight is 424 g/mol. The van der Waals surface area contributed by atoms with Gasteiger partial charge in [-0.2, -0.15) is 13.2 Å². The summed E-state index contributed by atoms with van der Waals surface area (Å²) in [6, 6.07) is 1.04. The Kier molecular flexibility index (Phi) is 6.11. The zero-order valence-electron chi connectivity index (χ0n) is 16.3. The molecule has 1 aromatic heterocycles. The van der Waals surface area contributed by atoms with Crippen molar-refractivity contribution in [3.8, 4) is 0 Å². The Labute approximate surface area is 170 Å². The Balaban J connectivity index is 1.86. The van der Waals surface area contributed by atoms with E-state index in [0.29, 0.717) is 25.2 Å². The Morgan fingerprint density at radius 1 is 1.23 bits per heavy atom. The normalized spacial score (nSPS) is 20.8. The lowest BCUT2D eigenvalue weighted by Crippen LogP contribution is -2.54. The van der Waals surface area contributed by atoms with E-state index in [1.165, 1.54) is 18.5 Å². The van der Waals surface area contributed by atoms with Crippen molar-refractivity contribution in [1.82, 2.24) is 15.3 Å². The Bertz CT molecular complexity index is 952. The van der Waals surface area contributed by atoms with Crippen molar-refractivity contribution < 1.29 is 22.8 Å². The molecule has 0 radical (unpaired) electrons. The Morgan fingerprint density at radius 2 is 1.90 bits per heavy atom. The maximum atomic E-state index is 13.4. The summed E-state index contributed by atoms with van der Waals surface area (Å²) < 4.78 is 40.1. The summed E-state index contributed by atoms with van der Waals surface area (Å²) in [5.74, 6) is -1.03. The lowest BCUT2D eigenvalue weighted by Gasteiger charge is -2.38. The SMILES string of the molecule is C[C@H]1C[C@@H](NC(=O)[C@@H](N)CC(N)=O)CN(c2ccc(C(F)(F)F)c3nccnc23)C1. The molecule has 3 rings (SSSR count). The molecule has 1 fully saturated rings. The monoisotopic (exact) mass is 424 g/mol. The van der Waals surface area contributed by atoms with Crippen LogP contribution in [0.1, 0.15) is 25.3 Å². The van der Waals surface area contributed by atoms with E-state index in [9.17, 15) is 22.8 Å². The second kappa shape index (κ2) is 8.42. The van der Waals surface area contributed by atoms with Crippen molar-refractivity contribution in [2.75, 3.05) is 18.0 Å². The molecule has 0 saturated carbocycles. The largest absolute Gasteiger partial charge is 0.418 e. The number of alkyl halides is 3. The fraction of sp³-hybridized carbons (Fsp3) is 0.474. The predicted molar refractivity (Wildman–Crippen MR) is 104 cm³/mol. The molecule has 5 N–H and O–H groups in total. The minimum Gasteiger partial charge on any atom is -0.370 e. The summed E-state index contributed by atoms with van der Waals surface area (Å²) >= 11 is 0. The van der Waals surface area contributed by atoms with Gasteiger partial charge in [0.05, 0.1) is 23.7 Å². The molecule has 1 saturated heterocycles. The molecular weight excluding hydrogens is 401 g/mol. The van der Waals surface area contributed by atoms with E-state index in [4.69, 9.17) is 11.5 Å². The number of carbonyl (C=O) groups excluding carboxylic acids is 2. The molecule has 2 amide bonds. The second-order valence-electron chi connectivity index (χ2n) is 7.61. The Hall–Kier alpha value is -2.95. The van der Waals surface area contributed by atoms with E-state index in [1.54, 1.807) is 0 Å². The summed E-state index contributed by atoms with van der Waals surface area (Å²) in [5, 5.41) is 2.81. The van der Waals surface area contributed by atoms with Gasteiger partial charge in [0, 0.05) is 31.5 Å². The first kappa shape index (κ1) is 21.8. The van der Waals surface area contributed by atoms with Crippen LogP contribution in [0.3, 0.4) is 0 Å². The molecule has 0 unspecified atom stereocenters. The first-order valence-corrected chi connectivity index (χ1v) is 9.46. The van der Waals surface area contributed by atoms with Gasteiger partial charge in [0.15, 0.2) is 0 Å². The fourth-order valence-corrected chi connectivity index (χ4v) is 3.80. The van der Waals surface area contributed by atoms with E-state index in [0.717, 1.165) is 6.07 Å². The van der Waals surface area contributed by atoms with Crippen LogP contribution in [0.15, 0.2) is 24.5 Å². The number of nitrogens with zero attached hydrogens (tertiary/aromatic N) is 3. The van der Waals surface area contributed by atoms with Crippen LogP contribution in [0.5, 0.6) is 0 Å². The maximum Gasteiger partial charge on any atom is 0.418 e. The Morgan fingerprint density at radius 3 is 2.53 bits per heavy atom. The fourth-order valence-electron chi connectivity index (χ4n) is 3.80. The molecule has 3 atom stereocenters. The van der Waals surface area contributed by atoms with Gasteiger partial charge in [0.2, 0.25) is 11.8 Å². The zero-order valence-corrected chi connectivity index (χ0v) is 16.3. The number of nitrogens with two attached hydrogens (primary N) is 2. The van der Waals surface area contributed by atoms with Crippen molar-refractivity contribution in [2.45, 2.75) is 38.0 Å². The highest BCUT2D eigenvalue weighted by Crippen LogP contribution is 2.37. The quantitative estimate of drug-likeness (QED) is 0.662. The molecule has 0 aliphatic carbocycles. The number of hydrogen-bond donors (Lipinski definition) is 3. The molecule has 2 heterocycles. The van der Waals surface area contributed by atoms with E-state index < -0.39 is 29.6 Å². The van der Waals surface area contributed by atoms with Gasteiger partial charge in [-0.3, -0.25) is 19.6 Å². The molecule has 0 spiro atoms. The van der Waals surface area contributed by atoms with Crippen LogP contribution in [0, 0.1) is 5.92 Å². The molecule has 2 aromatic rings. The number of fused-ring (bicyclic) bond motifs is 1. The number of halogens is 3. The minimum absolute atomic E-state index is 0.144. The molecule has 0 bridgehead atoms. The van der Waals surface area contributed by atoms with Crippen LogP contribution < -0.4 is 21.7 Å². The van der Waals surface area contributed by atoms with Gasteiger partial charge < -0.3 is 21.7 Å². The summed E-state index contributed by atoms with van der Waals surface area (Å²) in [7, 11) is 0. The van der Waals surface area contributed by atoms with Crippen LogP contribution in [0.25, 0.3) is 11.0 Å². The predicted octanol–water partition coefficient (Wildman–Crippen LogP) is 1.18. The van der Waals surface area contributed by atoms with Gasteiger partial charge in [-0.25, -0.2) is 0 Å². The number of primary amides is 1. The summed E-state index contributed by atoms with van der Waals surface area (Å²) in [6.45, 7) is 2.92. The van der Waals surface area contributed by atoms with Crippen molar-refractivity contribution in [3.05, 3.63) is 30.1 Å². The minimum atomic E-state index is -4.55. The van der Waals surface area contributed by atoms with Crippen molar-refractivity contribution in [2.24, 2.45) is 17.4 Å². The third-order valence-electron chi connectivity index (χ3n) is 5.01. The number of piperidine rings is 1. The van der Waals surface area contributed by atoms with Crippen LogP contribution in [-0.4, -0.2) is 47.0 Å². The number of hydrogen-bond acceptors (Lipinski definition) is 6. The van der Waals surface area contributed by atoms with E-state index in [2.05, 4.69) is 15.3 Å². The van der Waals surface area contributed by atoms with Crippen LogP contribution in [-0.2, 0) is 15.8 Å². The number of carbonyl (C=O) groups is 2. The van der Waals surface area contributed by atoms with Crippen LogP contribution >= 0.6 is 0 Å². The van der Waals surface area contributed by atoms with E-state index in [1.807, 2.05) is 11.8 Å². The summed E-state index contributed by atoms with van der Waals surface area (Å²) in [5.41, 5.74) is 10.4. The van der Waals surface area contributed by atoms with E-state index in [-0.39, 0.29) is 29.4 Å². The summed E-state index contributed by atoms with van der Waals surface area (Å²) in [6.07, 6.45) is -1.58. The van der Waals surface area contributed by atoms with Gasteiger partial charge >= 0.3 is 6.18 Å². The van der Waals surface area contributed by atoms with Gasteiger partial charge in [-0.15, -0.1) is 0 Å². The lowest BCUT2D eigenvalue weighted by atomic mass is 9.94. The highest BCUT2D eigenvalue weighted by Gasteiger charge is 2.35. The smallest absolute Gasteiger partial charge is 0.370 e. The number of nitrogens with one attached hydrogen (secondary N) is 1. The number of amides is 2. The van der Waals surface area contributed by atoms with Crippen molar-refractivity contribution in [1.29, 1.82) is 0 Å². The third kappa shape index (κ3) is 4.78. The number of anilines is 1. The summed E-state index contributed by atoms with van der Waals surface area (Å²) in [4.78, 5) is 33.2. The first-order chi connectivity index (χ1) is 14.1. The highest BCUT2D eigenvalue weighted by atomic mass is 19.4. The number of rotatable bonds is 5. The van der Waals surface area contributed by atoms with Crippen LogP contribution in [0.4, 0.5) is 18.9 Å². The second-order valence-corrected chi connectivity index (χ2v) is 7.61. The highest BCUT2D eigenvalue weighted by molar-refractivity contribution is 5.91. The number of benzene rings is 1. The molecular formula is C19H23F3N6O2. The van der Waals surface area contributed by atoms with Crippen LogP contribution in [0.2, 0.25) is 0 Å². The molecule has 8 nitrogen and oxygen atoms in total. The van der Waals surface area contributed by atoms with Gasteiger partial charge in [0.25, 0.3) is 0 Å². The molecule has 162 valence electrons. The molecule has 1 aromatic carbocycles. The van der Waals surface area contributed by atoms with Gasteiger partial charge in [0.1, 0.15) is 11.0 Å². The standard InChI is InChI=1S/C19H23F3N6O2/c1-10-6-11(27-18(30)13(23)7-15(24)29)9-28(8-10)14-3-2-12(19(20,21)22)16-17(14)26-5-4-25-16/h2-5,10-11,13H,6-9,23H2,1H3,(H2,24,29)(H,27,30)/t10-,11+,13-/m0/s1. The van der Waals surface area contributed by atoms with Gasteiger partial charge in [-0.05, 0) is 24.5 Å². The third-order valence-corrected chi connectivity index (χ3v) is 5.01. The van der Waals surface area contributed by atoms with Crippen molar-refractivity contribution >= 4 is 28.5 Å². The molecule has 30 heavy (non-hydrogen) atoms. The average Bonchev–Trinajstić information content (AvgIpc) is 2.65. The van der Waals surface area contributed by atoms with E-state index >= 15 is 0 Å². The van der Waals surface area contributed by atoms with Crippen molar-refractivity contribution in [3.63, 3.8) is 0 Å². The first-order valence-electron chi connectivity index (χ1n) is 9.46.